The van der Waals surface area contributed by atoms with Gasteiger partial charge in [0.1, 0.15) is 12.0 Å². The van der Waals surface area contributed by atoms with Crippen molar-refractivity contribution in [2.45, 2.75) is 45.5 Å². The fourth-order valence-electron chi connectivity index (χ4n) is 2.16. The first-order valence-electron chi connectivity index (χ1n) is 8.75. The van der Waals surface area contributed by atoms with Gasteiger partial charge in [0.15, 0.2) is 5.75 Å². The third-order valence-corrected chi connectivity index (χ3v) is 3.68. The second-order valence-electron chi connectivity index (χ2n) is 7.14. The van der Waals surface area contributed by atoms with Crippen LogP contribution in [0.15, 0.2) is 24.7 Å². The van der Waals surface area contributed by atoms with Crippen molar-refractivity contribution in [2.24, 2.45) is 0 Å². The summed E-state index contributed by atoms with van der Waals surface area (Å²) in [5, 5.41) is 27.4. The molecule has 1 atom stereocenters. The van der Waals surface area contributed by atoms with Crippen molar-refractivity contribution in [1.29, 1.82) is 0 Å². The number of halogens is 1. The number of hydrogen-bond donors (Lipinski definition) is 5. The van der Waals surface area contributed by atoms with Crippen molar-refractivity contribution in [1.82, 2.24) is 20.3 Å². The molecule has 10 heteroatoms. The summed E-state index contributed by atoms with van der Waals surface area (Å²) in [6.07, 6.45) is 2.21. The van der Waals surface area contributed by atoms with E-state index in [1.807, 2.05) is 13.8 Å². The van der Waals surface area contributed by atoms with E-state index < -0.39 is 17.7 Å². The minimum atomic E-state index is -1.61. The largest absolute Gasteiger partial charge is 0.505 e. The highest BCUT2D eigenvalue weighted by Crippen LogP contribution is 2.22. The molecule has 2 aromatic heterocycles. The Balaban J connectivity index is 2.18. The van der Waals surface area contributed by atoms with Crippen LogP contribution in [-0.2, 0) is 0 Å². The molecule has 2 heterocycles. The molecular weight excluding hydrogens is 367 g/mol. The molecule has 0 aromatic carbocycles. The van der Waals surface area contributed by atoms with Crippen LogP contribution in [0.1, 0.15) is 38.1 Å². The summed E-state index contributed by atoms with van der Waals surface area (Å²) in [4.78, 5) is 24.5. The maximum atomic E-state index is 13.9. The predicted octanol–water partition coefficient (Wildman–Crippen LogP) is 1.98. The lowest BCUT2D eigenvalue weighted by Gasteiger charge is -2.23. The summed E-state index contributed by atoms with van der Waals surface area (Å²) < 4.78 is 13.9. The highest BCUT2D eigenvalue weighted by atomic mass is 19.1. The van der Waals surface area contributed by atoms with Gasteiger partial charge in [-0.05, 0) is 27.7 Å². The normalized spacial score (nSPS) is 12.5. The molecule has 0 spiro atoms. The zero-order valence-corrected chi connectivity index (χ0v) is 16.2. The standard InChI is InChI=1S/C18H25FN6O3/c1-10(2)24-13-5-15(25-17-22-6-11(26)7-23-17)20-8-12(13)16(27)21-9-14(19)18(3,4)28/h5-8,10,14,26,28H,9H2,1-4H3,(H,21,27)(H2,20,22,23,24,25)/t14-/m1/s1. The fourth-order valence-corrected chi connectivity index (χ4v) is 2.16. The zero-order valence-electron chi connectivity index (χ0n) is 16.2. The van der Waals surface area contributed by atoms with Crippen LogP contribution in [-0.4, -0.2) is 55.4 Å². The number of rotatable bonds is 8. The Labute approximate surface area is 162 Å². The molecule has 0 aliphatic heterocycles. The van der Waals surface area contributed by atoms with E-state index >= 15 is 0 Å². The number of alkyl halides is 1. The number of amides is 1. The molecule has 28 heavy (non-hydrogen) atoms. The molecule has 0 saturated heterocycles. The summed E-state index contributed by atoms with van der Waals surface area (Å²) >= 11 is 0. The molecule has 0 radical (unpaired) electrons. The van der Waals surface area contributed by atoms with Gasteiger partial charge in [-0.2, -0.15) is 0 Å². The number of anilines is 3. The van der Waals surface area contributed by atoms with Crippen LogP contribution in [0.3, 0.4) is 0 Å². The monoisotopic (exact) mass is 392 g/mol. The van der Waals surface area contributed by atoms with Crippen LogP contribution in [0.2, 0.25) is 0 Å². The van der Waals surface area contributed by atoms with Crippen LogP contribution in [0.25, 0.3) is 0 Å². The highest BCUT2D eigenvalue weighted by Gasteiger charge is 2.27. The minimum absolute atomic E-state index is 0.0250. The molecule has 0 fully saturated rings. The number of nitrogens with one attached hydrogen (secondary N) is 3. The third kappa shape index (κ3) is 6.02. The Bertz CT molecular complexity index is 808. The Morgan fingerprint density at radius 3 is 2.43 bits per heavy atom. The number of aromatic hydroxyl groups is 1. The molecule has 0 unspecified atom stereocenters. The number of carbonyl (C=O) groups excluding carboxylic acids is 1. The lowest BCUT2D eigenvalue weighted by Crippen LogP contribution is -2.42. The van der Waals surface area contributed by atoms with Gasteiger partial charge in [-0.25, -0.2) is 19.3 Å². The molecule has 2 rings (SSSR count). The van der Waals surface area contributed by atoms with Gasteiger partial charge in [-0.1, -0.05) is 0 Å². The smallest absolute Gasteiger partial charge is 0.255 e. The van der Waals surface area contributed by atoms with Crippen LogP contribution >= 0.6 is 0 Å². The molecule has 152 valence electrons. The van der Waals surface area contributed by atoms with E-state index in [9.17, 15) is 19.4 Å². The quantitative estimate of drug-likeness (QED) is 0.461. The Kier molecular flexibility index (Phi) is 6.68. The van der Waals surface area contributed by atoms with Crippen LogP contribution in [0.4, 0.5) is 21.8 Å². The van der Waals surface area contributed by atoms with E-state index in [0.29, 0.717) is 11.5 Å². The minimum Gasteiger partial charge on any atom is -0.505 e. The molecule has 0 bridgehead atoms. The van der Waals surface area contributed by atoms with E-state index in [2.05, 4.69) is 30.9 Å². The van der Waals surface area contributed by atoms with Gasteiger partial charge in [0.2, 0.25) is 5.95 Å². The summed E-state index contributed by atoms with van der Waals surface area (Å²) in [6.45, 7) is 6.16. The van der Waals surface area contributed by atoms with E-state index in [1.165, 1.54) is 32.4 Å². The molecule has 0 aliphatic rings. The Morgan fingerprint density at radius 1 is 1.21 bits per heavy atom. The summed E-state index contributed by atoms with van der Waals surface area (Å²) in [5.41, 5.74) is -0.834. The predicted molar refractivity (Wildman–Crippen MR) is 104 cm³/mol. The van der Waals surface area contributed by atoms with Crippen molar-refractivity contribution >= 4 is 23.4 Å². The molecule has 1 amide bonds. The second kappa shape index (κ2) is 8.79. The van der Waals surface area contributed by atoms with E-state index in [1.54, 1.807) is 6.07 Å². The first-order chi connectivity index (χ1) is 13.1. The number of aliphatic hydroxyl groups is 1. The first kappa shape index (κ1) is 21.3. The first-order valence-corrected chi connectivity index (χ1v) is 8.75. The van der Waals surface area contributed by atoms with Crippen LogP contribution in [0.5, 0.6) is 5.75 Å². The maximum Gasteiger partial charge on any atom is 0.255 e. The van der Waals surface area contributed by atoms with Gasteiger partial charge >= 0.3 is 0 Å². The van der Waals surface area contributed by atoms with Gasteiger partial charge in [-0.3, -0.25) is 4.79 Å². The maximum absolute atomic E-state index is 13.9. The van der Waals surface area contributed by atoms with Gasteiger partial charge in [0.05, 0.1) is 35.8 Å². The molecule has 0 aliphatic carbocycles. The summed E-state index contributed by atoms with van der Waals surface area (Å²) in [5.74, 6) is 0.0218. The molecule has 0 saturated carbocycles. The molecule has 9 nitrogen and oxygen atoms in total. The number of aromatic nitrogens is 3. The lowest BCUT2D eigenvalue weighted by atomic mass is 10.0. The Morgan fingerprint density at radius 2 is 1.86 bits per heavy atom. The van der Waals surface area contributed by atoms with Crippen LogP contribution in [0, 0.1) is 0 Å². The average Bonchev–Trinajstić information content (AvgIpc) is 2.60. The van der Waals surface area contributed by atoms with E-state index in [4.69, 9.17) is 0 Å². The SMILES string of the molecule is CC(C)Nc1cc(Nc2ncc(O)cn2)ncc1C(=O)NC[C@@H](F)C(C)(C)O. The lowest BCUT2D eigenvalue weighted by molar-refractivity contribution is -0.00177. The van der Waals surface area contributed by atoms with Crippen molar-refractivity contribution in [2.75, 3.05) is 17.2 Å². The second-order valence-corrected chi connectivity index (χ2v) is 7.14. The zero-order chi connectivity index (χ0) is 20.9. The molecular formula is C18H25FN6O3. The number of carbonyl (C=O) groups is 1. The van der Waals surface area contributed by atoms with E-state index in [0.717, 1.165) is 0 Å². The Hall–Kier alpha value is -3.01. The van der Waals surface area contributed by atoms with Crippen molar-refractivity contribution in [3.63, 3.8) is 0 Å². The van der Waals surface area contributed by atoms with Crippen molar-refractivity contribution < 1.29 is 19.4 Å². The molecule has 2 aromatic rings. The number of pyridine rings is 1. The van der Waals surface area contributed by atoms with Gasteiger partial charge in [-0.15, -0.1) is 0 Å². The third-order valence-electron chi connectivity index (χ3n) is 3.68. The summed E-state index contributed by atoms with van der Waals surface area (Å²) in [6, 6.07) is 1.63. The van der Waals surface area contributed by atoms with Gasteiger partial charge in [0, 0.05) is 18.3 Å². The highest BCUT2D eigenvalue weighted by molar-refractivity contribution is 5.99. The number of hydrogen-bond acceptors (Lipinski definition) is 8. The number of nitrogens with zero attached hydrogens (tertiary/aromatic N) is 3. The van der Waals surface area contributed by atoms with Crippen molar-refractivity contribution in [3.05, 3.63) is 30.2 Å². The summed E-state index contributed by atoms with van der Waals surface area (Å²) in [7, 11) is 0. The van der Waals surface area contributed by atoms with Gasteiger partial charge in [0.25, 0.3) is 5.91 Å². The van der Waals surface area contributed by atoms with Crippen molar-refractivity contribution in [3.8, 4) is 5.75 Å². The average molecular weight is 392 g/mol. The van der Waals surface area contributed by atoms with Gasteiger partial charge < -0.3 is 26.2 Å². The van der Waals surface area contributed by atoms with E-state index in [-0.39, 0.29) is 29.8 Å². The molecule has 5 N–H and O–H groups in total. The fraction of sp³-hybridized carbons (Fsp3) is 0.444. The topological polar surface area (TPSA) is 132 Å². The van der Waals surface area contributed by atoms with Crippen LogP contribution < -0.4 is 16.0 Å².